The van der Waals surface area contributed by atoms with Gasteiger partial charge in [-0.25, -0.2) is 4.98 Å². The maximum Gasteiger partial charge on any atom is 0.286 e. The summed E-state index contributed by atoms with van der Waals surface area (Å²) in [5.41, 5.74) is 3.03. The predicted molar refractivity (Wildman–Crippen MR) is 254 cm³/mol. The molecule has 0 N–H and O–H groups in total. The summed E-state index contributed by atoms with van der Waals surface area (Å²) in [5, 5.41) is 1.75. The summed E-state index contributed by atoms with van der Waals surface area (Å²) in [7, 11) is 0. The molecule has 4 rings (SSSR count). The van der Waals surface area contributed by atoms with Crippen molar-refractivity contribution in [1.82, 2.24) is 19.9 Å². The Kier molecular flexibility index (Phi) is 17.5. The average Bonchev–Trinajstić information content (AvgIpc) is 3.62. The van der Waals surface area contributed by atoms with Crippen molar-refractivity contribution in [2.24, 2.45) is 11.8 Å². The molecule has 2 atom stereocenters. The molecular formula is C51H69N5O6S. The smallest absolute Gasteiger partial charge is 0.286 e. The molecule has 0 radical (unpaired) electrons. The summed E-state index contributed by atoms with van der Waals surface area (Å²) in [5.74, 6) is -4.69. The SMILES string of the molecule is CCCCC(CC)CN(CC(CC)CCCC)c1nc(-c2c(C)cc(C)cc2C)c(/C=C2\C(=O)N(N(C(C)=O)C(=O)c3ccccc3)C(=O)C(C(=O)N(C(C)=O)C(C)(C)C)=C2C)s1. The second-order valence-corrected chi connectivity index (χ2v) is 19.0. The van der Waals surface area contributed by atoms with E-state index < -0.39 is 46.6 Å². The number of unbranched alkanes of at least 4 members (excludes halogenated alkanes) is 2. The number of imide groups is 3. The average molecular weight is 880 g/mol. The van der Waals surface area contributed by atoms with E-state index in [1.54, 1.807) is 45.0 Å². The van der Waals surface area contributed by atoms with Crippen molar-refractivity contribution in [3.8, 4) is 11.3 Å². The van der Waals surface area contributed by atoms with Crippen molar-refractivity contribution < 1.29 is 28.8 Å². The van der Waals surface area contributed by atoms with Gasteiger partial charge in [-0.3, -0.25) is 33.7 Å². The molecule has 12 heteroatoms. The molecule has 0 spiro atoms. The largest absolute Gasteiger partial charge is 0.348 e. The van der Waals surface area contributed by atoms with E-state index in [-0.39, 0.29) is 16.7 Å². The molecule has 1 aromatic heterocycles. The summed E-state index contributed by atoms with van der Waals surface area (Å²) in [6, 6.07) is 12.0. The second-order valence-electron chi connectivity index (χ2n) is 18.0. The van der Waals surface area contributed by atoms with Crippen LogP contribution in [0.15, 0.2) is 59.2 Å². The molecule has 11 nitrogen and oxygen atoms in total. The Bertz CT molecular complexity index is 2210. The predicted octanol–water partition coefficient (Wildman–Crippen LogP) is 10.8. The molecule has 1 aliphatic heterocycles. The van der Waals surface area contributed by atoms with Gasteiger partial charge in [0.05, 0.1) is 10.6 Å². The number of anilines is 1. The Balaban J connectivity index is 2.12. The first-order valence-corrected chi connectivity index (χ1v) is 23.4. The van der Waals surface area contributed by atoms with E-state index in [2.05, 4.69) is 44.7 Å². The molecule has 2 heterocycles. The Morgan fingerprint density at radius 1 is 0.778 bits per heavy atom. The summed E-state index contributed by atoms with van der Waals surface area (Å²) < 4.78 is 0. The van der Waals surface area contributed by atoms with Crippen LogP contribution in [0.3, 0.4) is 0 Å². The maximum absolute atomic E-state index is 15.1. The van der Waals surface area contributed by atoms with Crippen molar-refractivity contribution in [2.75, 3.05) is 18.0 Å². The standard InChI is InChI=1S/C51H69N5O6S/c1-14-18-23-38(16-3)30-53(31-39(17-4)24-19-15-2)50-52-45(43-33(6)27-32(5)28-34(43)7)42(63-50)29-41-35(8)44(48(61)54(36(9)57)51(11,12)13)49(62)56(47(41)60)55(37(10)58)46(59)40-25-21-20-22-26-40/h20-22,25-29,38-39H,14-19,23-24,30-31H2,1-13H3/b41-29-. The number of carbonyl (C=O) groups is 6. The van der Waals surface area contributed by atoms with E-state index in [9.17, 15) is 24.0 Å². The fraction of sp³-hybridized carbons (Fsp3) is 0.510. The molecule has 63 heavy (non-hydrogen) atoms. The second kappa shape index (κ2) is 21.9. The molecule has 0 fully saturated rings. The van der Waals surface area contributed by atoms with Gasteiger partial charge in [-0.15, -0.1) is 0 Å². The number of aryl methyl sites for hydroxylation is 3. The molecule has 0 saturated heterocycles. The van der Waals surface area contributed by atoms with Crippen LogP contribution < -0.4 is 4.90 Å². The van der Waals surface area contributed by atoms with Gasteiger partial charge < -0.3 is 4.90 Å². The molecular weight excluding hydrogens is 811 g/mol. The third kappa shape index (κ3) is 11.7. The number of hydrogen-bond donors (Lipinski definition) is 0. The van der Waals surface area contributed by atoms with Crippen LogP contribution in [0.5, 0.6) is 0 Å². The molecule has 340 valence electrons. The van der Waals surface area contributed by atoms with Crippen LogP contribution in [0.2, 0.25) is 0 Å². The fourth-order valence-corrected chi connectivity index (χ4v) is 9.62. The lowest BCUT2D eigenvalue weighted by atomic mass is 9.91. The first kappa shape index (κ1) is 50.4. The molecule has 0 saturated carbocycles. The van der Waals surface area contributed by atoms with Gasteiger partial charge in [0.2, 0.25) is 11.8 Å². The van der Waals surface area contributed by atoms with Crippen molar-refractivity contribution in [2.45, 2.75) is 147 Å². The number of hydrazine groups is 1. The first-order valence-electron chi connectivity index (χ1n) is 22.6. The number of nitrogens with zero attached hydrogens (tertiary/aromatic N) is 5. The Labute approximate surface area is 379 Å². The van der Waals surface area contributed by atoms with E-state index in [0.717, 1.165) is 104 Å². The zero-order valence-electron chi connectivity index (χ0n) is 39.9. The van der Waals surface area contributed by atoms with E-state index in [1.165, 1.54) is 37.3 Å². The zero-order chi connectivity index (χ0) is 46.9. The summed E-state index contributed by atoms with van der Waals surface area (Å²) in [6.07, 6.45) is 10.4. The number of amides is 6. The normalized spacial score (nSPS) is 14.9. The van der Waals surface area contributed by atoms with E-state index >= 15 is 4.79 Å². The molecule has 0 bridgehead atoms. The van der Waals surface area contributed by atoms with Gasteiger partial charge in [0.1, 0.15) is 5.57 Å². The lowest BCUT2D eigenvalue weighted by Crippen LogP contribution is -2.59. The number of carbonyl (C=O) groups excluding carboxylic acids is 6. The zero-order valence-corrected chi connectivity index (χ0v) is 40.8. The van der Waals surface area contributed by atoms with Crippen molar-refractivity contribution in [3.05, 3.63) is 86.3 Å². The van der Waals surface area contributed by atoms with Crippen LogP contribution in [0.25, 0.3) is 17.3 Å². The highest BCUT2D eigenvalue weighted by atomic mass is 32.1. The number of rotatable bonds is 18. The summed E-state index contributed by atoms with van der Waals surface area (Å²) in [6.45, 7) is 25.5. The number of benzene rings is 2. The molecule has 3 aromatic rings. The number of aromatic nitrogens is 1. The monoisotopic (exact) mass is 879 g/mol. The van der Waals surface area contributed by atoms with Gasteiger partial charge in [0.25, 0.3) is 23.6 Å². The molecule has 1 aliphatic rings. The fourth-order valence-electron chi connectivity index (χ4n) is 8.59. The minimum absolute atomic E-state index is 0.0174. The van der Waals surface area contributed by atoms with Crippen LogP contribution in [-0.4, -0.2) is 74.0 Å². The third-order valence-corrected chi connectivity index (χ3v) is 12.9. The van der Waals surface area contributed by atoms with E-state index in [4.69, 9.17) is 4.98 Å². The van der Waals surface area contributed by atoms with Crippen molar-refractivity contribution in [1.29, 1.82) is 0 Å². The van der Waals surface area contributed by atoms with Gasteiger partial charge in [0.15, 0.2) is 5.13 Å². The highest BCUT2D eigenvalue weighted by Crippen LogP contribution is 2.41. The highest BCUT2D eigenvalue weighted by Gasteiger charge is 2.47. The van der Waals surface area contributed by atoms with Crippen molar-refractivity contribution in [3.63, 3.8) is 0 Å². The Morgan fingerprint density at radius 2 is 1.32 bits per heavy atom. The van der Waals surface area contributed by atoms with Crippen LogP contribution in [0, 0.1) is 32.6 Å². The Hall–Kier alpha value is -5.23. The highest BCUT2D eigenvalue weighted by molar-refractivity contribution is 7.17. The van der Waals surface area contributed by atoms with Gasteiger partial charge in [-0.05, 0) is 108 Å². The summed E-state index contributed by atoms with van der Waals surface area (Å²) >= 11 is 1.44. The van der Waals surface area contributed by atoms with Crippen LogP contribution in [0.1, 0.15) is 153 Å². The number of hydrogen-bond acceptors (Lipinski definition) is 9. The topological polar surface area (TPSA) is 128 Å². The van der Waals surface area contributed by atoms with Crippen LogP contribution in [0.4, 0.5) is 5.13 Å². The molecule has 6 amide bonds. The third-order valence-electron chi connectivity index (χ3n) is 11.9. The van der Waals surface area contributed by atoms with Crippen LogP contribution >= 0.6 is 11.3 Å². The lowest BCUT2D eigenvalue weighted by molar-refractivity contribution is -0.164. The van der Waals surface area contributed by atoms with Gasteiger partial charge in [-0.2, -0.15) is 10.0 Å². The minimum atomic E-state index is -1.19. The van der Waals surface area contributed by atoms with E-state index in [0.29, 0.717) is 32.4 Å². The minimum Gasteiger partial charge on any atom is -0.348 e. The van der Waals surface area contributed by atoms with Gasteiger partial charge >= 0.3 is 0 Å². The number of thiazole rings is 1. The first-order chi connectivity index (χ1) is 29.7. The molecule has 2 unspecified atom stereocenters. The lowest BCUT2D eigenvalue weighted by Gasteiger charge is -2.38. The van der Waals surface area contributed by atoms with E-state index in [1.807, 2.05) is 20.8 Å². The summed E-state index contributed by atoms with van der Waals surface area (Å²) in [4.78, 5) is 94.7. The maximum atomic E-state index is 15.1. The molecule has 0 aliphatic carbocycles. The Morgan fingerprint density at radius 3 is 1.78 bits per heavy atom. The van der Waals surface area contributed by atoms with Crippen molar-refractivity contribution >= 4 is 58.0 Å². The quantitative estimate of drug-likeness (QED) is 0.0702. The van der Waals surface area contributed by atoms with Gasteiger partial charge in [-0.1, -0.05) is 113 Å². The van der Waals surface area contributed by atoms with Crippen LogP contribution in [-0.2, 0) is 24.0 Å². The van der Waals surface area contributed by atoms with Gasteiger partial charge in [0, 0.05) is 49.2 Å². The molecule has 2 aromatic carbocycles.